The molecule has 1 N–H and O–H groups in total. The van der Waals surface area contributed by atoms with Crippen LogP contribution >= 0.6 is 0 Å². The van der Waals surface area contributed by atoms with Crippen LogP contribution in [-0.2, 0) is 12.8 Å². The SMILES string of the molecule is Cc1cc2ncnc(Nc3ccc(Oc4ccccc4)c4c3CCC4)c2cc1C. The molecule has 0 aliphatic heterocycles. The monoisotopic (exact) mass is 381 g/mol. The molecule has 144 valence electrons. The Morgan fingerprint density at radius 1 is 0.862 bits per heavy atom. The van der Waals surface area contributed by atoms with E-state index in [1.807, 2.05) is 30.3 Å². The minimum absolute atomic E-state index is 0.851. The van der Waals surface area contributed by atoms with E-state index in [1.54, 1.807) is 6.33 Å². The van der Waals surface area contributed by atoms with Crippen molar-refractivity contribution in [3.8, 4) is 11.5 Å². The van der Waals surface area contributed by atoms with Gasteiger partial charge in [0.2, 0.25) is 0 Å². The number of para-hydroxylation sites is 1. The van der Waals surface area contributed by atoms with Crippen molar-refractivity contribution in [1.29, 1.82) is 0 Å². The van der Waals surface area contributed by atoms with Crippen molar-refractivity contribution < 1.29 is 4.74 Å². The summed E-state index contributed by atoms with van der Waals surface area (Å²) in [6.07, 6.45) is 4.86. The first kappa shape index (κ1) is 17.7. The largest absolute Gasteiger partial charge is 0.457 e. The van der Waals surface area contributed by atoms with E-state index in [1.165, 1.54) is 22.3 Å². The van der Waals surface area contributed by atoms with Crippen molar-refractivity contribution >= 4 is 22.4 Å². The first-order chi connectivity index (χ1) is 14.2. The number of aryl methyl sites for hydroxylation is 2. The zero-order valence-corrected chi connectivity index (χ0v) is 16.7. The topological polar surface area (TPSA) is 47.0 Å². The van der Waals surface area contributed by atoms with E-state index in [4.69, 9.17) is 4.74 Å². The van der Waals surface area contributed by atoms with Crippen molar-refractivity contribution in [3.63, 3.8) is 0 Å². The molecular formula is C25H23N3O. The number of ether oxygens (including phenoxy) is 1. The van der Waals surface area contributed by atoms with Crippen LogP contribution in [0.3, 0.4) is 0 Å². The van der Waals surface area contributed by atoms with Crippen LogP contribution in [0.15, 0.2) is 60.9 Å². The summed E-state index contributed by atoms with van der Waals surface area (Å²) in [6.45, 7) is 4.24. The van der Waals surface area contributed by atoms with Gasteiger partial charge < -0.3 is 10.1 Å². The fraction of sp³-hybridized carbons (Fsp3) is 0.200. The van der Waals surface area contributed by atoms with Gasteiger partial charge in [-0.15, -0.1) is 0 Å². The molecule has 0 bridgehead atoms. The summed E-state index contributed by atoms with van der Waals surface area (Å²) in [6, 6.07) is 18.4. The minimum Gasteiger partial charge on any atom is -0.457 e. The second-order valence-electron chi connectivity index (χ2n) is 7.64. The maximum Gasteiger partial charge on any atom is 0.141 e. The maximum atomic E-state index is 6.17. The summed E-state index contributed by atoms with van der Waals surface area (Å²) in [7, 11) is 0. The van der Waals surface area contributed by atoms with E-state index < -0.39 is 0 Å². The highest BCUT2D eigenvalue weighted by atomic mass is 16.5. The van der Waals surface area contributed by atoms with E-state index >= 15 is 0 Å². The molecule has 1 aromatic heterocycles. The van der Waals surface area contributed by atoms with Crippen molar-refractivity contribution in [2.75, 3.05) is 5.32 Å². The van der Waals surface area contributed by atoms with Gasteiger partial charge in [-0.1, -0.05) is 18.2 Å². The third-order valence-corrected chi connectivity index (χ3v) is 5.72. The first-order valence-electron chi connectivity index (χ1n) is 10.1. The number of hydrogen-bond donors (Lipinski definition) is 1. The number of nitrogens with one attached hydrogen (secondary N) is 1. The molecule has 0 spiro atoms. The number of rotatable bonds is 4. The van der Waals surface area contributed by atoms with Crippen LogP contribution < -0.4 is 10.1 Å². The Morgan fingerprint density at radius 3 is 2.52 bits per heavy atom. The van der Waals surface area contributed by atoms with Gasteiger partial charge in [0.15, 0.2) is 0 Å². The Labute approximate surface area is 170 Å². The molecule has 0 radical (unpaired) electrons. The van der Waals surface area contributed by atoms with E-state index in [-0.39, 0.29) is 0 Å². The lowest BCUT2D eigenvalue weighted by molar-refractivity contribution is 0.477. The molecule has 4 nitrogen and oxygen atoms in total. The van der Waals surface area contributed by atoms with Crippen molar-refractivity contribution in [2.45, 2.75) is 33.1 Å². The van der Waals surface area contributed by atoms with Crippen LogP contribution in [0.4, 0.5) is 11.5 Å². The van der Waals surface area contributed by atoms with Crippen molar-refractivity contribution in [1.82, 2.24) is 9.97 Å². The normalized spacial score (nSPS) is 12.8. The lowest BCUT2D eigenvalue weighted by Crippen LogP contribution is -2.01. The molecular weight excluding hydrogens is 358 g/mol. The highest BCUT2D eigenvalue weighted by molar-refractivity contribution is 5.92. The molecule has 0 saturated carbocycles. The molecule has 1 aliphatic rings. The minimum atomic E-state index is 0.851. The van der Waals surface area contributed by atoms with Gasteiger partial charge in [-0.3, -0.25) is 0 Å². The number of anilines is 2. The summed E-state index contributed by atoms with van der Waals surface area (Å²) in [5.41, 5.74) is 7.18. The van der Waals surface area contributed by atoms with Gasteiger partial charge in [0.1, 0.15) is 23.6 Å². The van der Waals surface area contributed by atoms with Crippen LogP contribution in [0, 0.1) is 13.8 Å². The van der Waals surface area contributed by atoms with Gasteiger partial charge in [-0.05, 0) is 86.2 Å². The molecule has 29 heavy (non-hydrogen) atoms. The van der Waals surface area contributed by atoms with Crippen molar-refractivity contribution in [3.05, 3.63) is 83.2 Å². The van der Waals surface area contributed by atoms with Crippen LogP contribution in [0.25, 0.3) is 10.9 Å². The second-order valence-corrected chi connectivity index (χ2v) is 7.64. The standard InChI is InChI=1S/C25H23N3O/c1-16-13-21-23(14-17(16)2)26-15-27-25(21)28-22-11-12-24(20-10-6-9-19(20)22)29-18-7-4-3-5-8-18/h3-5,7-8,11-15H,6,9-10H2,1-2H3,(H,26,27,28). The van der Waals surface area contributed by atoms with E-state index in [0.29, 0.717) is 0 Å². The molecule has 0 saturated heterocycles. The van der Waals surface area contributed by atoms with Crippen LogP contribution in [0.1, 0.15) is 28.7 Å². The molecule has 1 heterocycles. The fourth-order valence-corrected chi connectivity index (χ4v) is 4.04. The molecule has 1 aliphatic carbocycles. The molecule has 5 rings (SSSR count). The Morgan fingerprint density at radius 2 is 1.66 bits per heavy atom. The van der Waals surface area contributed by atoms with Gasteiger partial charge in [-0.2, -0.15) is 0 Å². The quantitative estimate of drug-likeness (QED) is 0.452. The first-order valence-corrected chi connectivity index (χ1v) is 10.1. The van der Waals surface area contributed by atoms with Crippen LogP contribution in [0.5, 0.6) is 11.5 Å². The summed E-state index contributed by atoms with van der Waals surface area (Å²) >= 11 is 0. The van der Waals surface area contributed by atoms with Gasteiger partial charge in [-0.25, -0.2) is 9.97 Å². The highest BCUT2D eigenvalue weighted by Gasteiger charge is 2.21. The zero-order chi connectivity index (χ0) is 19.8. The third kappa shape index (κ3) is 3.31. The number of benzene rings is 3. The zero-order valence-electron chi connectivity index (χ0n) is 16.7. The molecule has 0 amide bonds. The molecule has 4 aromatic rings. The average Bonchev–Trinajstić information content (AvgIpc) is 3.23. The van der Waals surface area contributed by atoms with E-state index in [0.717, 1.165) is 53.2 Å². The van der Waals surface area contributed by atoms with Crippen molar-refractivity contribution in [2.24, 2.45) is 0 Å². The number of nitrogens with zero attached hydrogens (tertiary/aromatic N) is 2. The Hall–Kier alpha value is -3.40. The van der Waals surface area contributed by atoms with Gasteiger partial charge in [0.05, 0.1) is 5.52 Å². The third-order valence-electron chi connectivity index (χ3n) is 5.72. The van der Waals surface area contributed by atoms with Gasteiger partial charge in [0, 0.05) is 16.6 Å². The Bertz CT molecular complexity index is 1200. The molecule has 0 unspecified atom stereocenters. The molecule has 3 aromatic carbocycles. The number of hydrogen-bond acceptors (Lipinski definition) is 4. The van der Waals surface area contributed by atoms with E-state index in [2.05, 4.69) is 53.4 Å². The lowest BCUT2D eigenvalue weighted by atomic mass is 10.1. The molecule has 0 fully saturated rings. The predicted molar refractivity (Wildman–Crippen MR) is 117 cm³/mol. The Balaban J connectivity index is 1.52. The number of fused-ring (bicyclic) bond motifs is 2. The second kappa shape index (κ2) is 7.21. The maximum absolute atomic E-state index is 6.17. The average molecular weight is 381 g/mol. The van der Waals surface area contributed by atoms with Crippen LogP contribution in [0.2, 0.25) is 0 Å². The summed E-state index contributed by atoms with van der Waals surface area (Å²) < 4.78 is 6.17. The lowest BCUT2D eigenvalue weighted by Gasteiger charge is -2.16. The molecule has 4 heteroatoms. The van der Waals surface area contributed by atoms with Gasteiger partial charge >= 0.3 is 0 Å². The Kier molecular flexibility index (Phi) is 4.39. The summed E-state index contributed by atoms with van der Waals surface area (Å²) in [5, 5.41) is 4.63. The highest BCUT2D eigenvalue weighted by Crippen LogP contribution is 2.39. The predicted octanol–water partition coefficient (Wildman–Crippen LogP) is 6.27. The summed E-state index contributed by atoms with van der Waals surface area (Å²) in [4.78, 5) is 8.98. The van der Waals surface area contributed by atoms with Gasteiger partial charge in [0.25, 0.3) is 0 Å². The van der Waals surface area contributed by atoms with Crippen LogP contribution in [-0.4, -0.2) is 9.97 Å². The molecule has 0 atom stereocenters. The fourth-order valence-electron chi connectivity index (χ4n) is 4.04. The summed E-state index contributed by atoms with van der Waals surface area (Å²) in [5.74, 6) is 2.67. The smallest absolute Gasteiger partial charge is 0.141 e. The van der Waals surface area contributed by atoms with E-state index in [9.17, 15) is 0 Å². The number of aromatic nitrogens is 2.